The molecule has 4 heterocycles. The van der Waals surface area contributed by atoms with Gasteiger partial charge < -0.3 is 23.9 Å². The van der Waals surface area contributed by atoms with Crippen molar-refractivity contribution in [3.05, 3.63) is 94.7 Å². The van der Waals surface area contributed by atoms with Crippen LogP contribution >= 0.6 is 0 Å². The number of carbonyl (C=O) groups is 2. The van der Waals surface area contributed by atoms with Gasteiger partial charge in [0.25, 0.3) is 11.7 Å². The molecule has 42 heavy (non-hydrogen) atoms. The molecule has 0 radical (unpaired) electrons. The molecule has 9 heteroatoms. The van der Waals surface area contributed by atoms with E-state index in [1.165, 1.54) is 4.90 Å². The number of nitrogens with zero attached hydrogens (tertiary/aromatic N) is 4. The smallest absolute Gasteiger partial charge is 0.295 e. The second-order valence-electron chi connectivity index (χ2n) is 10.4. The average molecular weight is 569 g/mol. The van der Waals surface area contributed by atoms with Crippen molar-refractivity contribution in [3.8, 4) is 11.5 Å². The maximum absolute atomic E-state index is 13.7. The SMILES string of the molecule is CCCCCOc1ccc(C2/C(=C(\O)c3nc4c(C)cccn4c3C)C(=O)C(=O)N2Cc2cccnc2)cc1OCC. The van der Waals surface area contributed by atoms with Gasteiger partial charge in [-0.25, -0.2) is 4.98 Å². The number of amides is 1. The number of ketones is 1. The number of hydrogen-bond donors (Lipinski definition) is 1. The van der Waals surface area contributed by atoms with Crippen molar-refractivity contribution in [1.29, 1.82) is 0 Å². The molecule has 1 amide bonds. The minimum Gasteiger partial charge on any atom is -0.505 e. The number of ether oxygens (including phenoxy) is 2. The molecule has 1 fully saturated rings. The summed E-state index contributed by atoms with van der Waals surface area (Å²) in [6.07, 6.45) is 8.23. The minimum absolute atomic E-state index is 0.0212. The lowest BCUT2D eigenvalue weighted by Crippen LogP contribution is -2.29. The van der Waals surface area contributed by atoms with Crippen molar-refractivity contribution in [2.45, 2.75) is 59.5 Å². The highest BCUT2D eigenvalue weighted by molar-refractivity contribution is 6.46. The number of Topliss-reactive ketones (excluding diaryl/α,β-unsaturated/α-hetero) is 1. The van der Waals surface area contributed by atoms with E-state index >= 15 is 0 Å². The summed E-state index contributed by atoms with van der Waals surface area (Å²) in [6, 6.07) is 12.0. The fourth-order valence-corrected chi connectivity index (χ4v) is 5.37. The standard InChI is InChI=1S/C33H36N4O5/c1-5-7-8-17-42-25-14-13-24(18-26(25)41-6-2)29-27(31(39)33(40)37(29)20-23-12-9-15-34-19-23)30(38)28-22(4)36-16-10-11-21(3)32(36)35-28/h9-16,18-19,29,38H,5-8,17,20H2,1-4H3/b30-27+. The number of aryl methyl sites for hydroxylation is 2. The molecule has 0 spiro atoms. The Morgan fingerprint density at radius 2 is 1.86 bits per heavy atom. The lowest BCUT2D eigenvalue weighted by atomic mass is 9.95. The monoisotopic (exact) mass is 568 g/mol. The molecule has 0 bridgehead atoms. The zero-order valence-electron chi connectivity index (χ0n) is 24.5. The molecule has 1 unspecified atom stereocenters. The Morgan fingerprint density at radius 1 is 1.02 bits per heavy atom. The topological polar surface area (TPSA) is 106 Å². The highest BCUT2D eigenvalue weighted by Gasteiger charge is 2.47. The third-order valence-corrected chi connectivity index (χ3v) is 7.51. The van der Waals surface area contributed by atoms with Crippen LogP contribution in [0.4, 0.5) is 0 Å². The predicted molar refractivity (Wildman–Crippen MR) is 159 cm³/mol. The maximum atomic E-state index is 13.7. The van der Waals surface area contributed by atoms with Gasteiger partial charge in [0.05, 0.1) is 30.5 Å². The van der Waals surface area contributed by atoms with Gasteiger partial charge in [-0.05, 0) is 68.1 Å². The maximum Gasteiger partial charge on any atom is 0.295 e. The van der Waals surface area contributed by atoms with Crippen LogP contribution in [0.2, 0.25) is 0 Å². The van der Waals surface area contributed by atoms with Crippen molar-refractivity contribution in [1.82, 2.24) is 19.3 Å². The molecule has 0 aliphatic carbocycles. The minimum atomic E-state index is -0.885. The first-order valence-electron chi connectivity index (χ1n) is 14.4. The number of carbonyl (C=O) groups excluding carboxylic acids is 2. The zero-order chi connectivity index (χ0) is 29.8. The Hall–Kier alpha value is -4.66. The summed E-state index contributed by atoms with van der Waals surface area (Å²) in [4.78, 5) is 37.5. The fourth-order valence-electron chi connectivity index (χ4n) is 5.37. The molecule has 1 N–H and O–H groups in total. The second kappa shape index (κ2) is 12.5. The lowest BCUT2D eigenvalue weighted by Gasteiger charge is -2.26. The first-order chi connectivity index (χ1) is 20.3. The van der Waals surface area contributed by atoms with E-state index in [-0.39, 0.29) is 23.6 Å². The third kappa shape index (κ3) is 5.46. The largest absolute Gasteiger partial charge is 0.505 e. The van der Waals surface area contributed by atoms with Gasteiger partial charge in [-0.15, -0.1) is 0 Å². The van der Waals surface area contributed by atoms with Crippen molar-refractivity contribution in [2.24, 2.45) is 0 Å². The van der Waals surface area contributed by atoms with Gasteiger partial charge in [0.15, 0.2) is 17.3 Å². The van der Waals surface area contributed by atoms with Gasteiger partial charge >= 0.3 is 0 Å². The number of imidazole rings is 1. The van der Waals surface area contributed by atoms with Crippen LogP contribution in [0.5, 0.6) is 11.5 Å². The summed E-state index contributed by atoms with van der Waals surface area (Å²) < 4.78 is 13.8. The van der Waals surface area contributed by atoms with E-state index in [1.807, 2.05) is 55.6 Å². The number of rotatable bonds is 11. The number of unbranched alkanes of at least 4 members (excludes halogenated alkanes) is 2. The molecule has 9 nitrogen and oxygen atoms in total. The van der Waals surface area contributed by atoms with E-state index < -0.39 is 17.7 Å². The van der Waals surface area contributed by atoms with E-state index in [0.717, 1.165) is 30.4 Å². The summed E-state index contributed by atoms with van der Waals surface area (Å²) in [5.41, 5.74) is 3.85. The Morgan fingerprint density at radius 3 is 2.57 bits per heavy atom. The Bertz CT molecular complexity index is 1640. The van der Waals surface area contributed by atoms with Crippen molar-refractivity contribution in [2.75, 3.05) is 13.2 Å². The van der Waals surface area contributed by atoms with Gasteiger partial charge in [-0.1, -0.05) is 38.0 Å². The Labute approximate surface area is 245 Å². The number of aromatic nitrogens is 3. The molecule has 1 aromatic carbocycles. The average Bonchev–Trinajstić information content (AvgIpc) is 3.46. The third-order valence-electron chi connectivity index (χ3n) is 7.51. The van der Waals surface area contributed by atoms with Crippen molar-refractivity contribution < 1.29 is 24.2 Å². The van der Waals surface area contributed by atoms with Crippen molar-refractivity contribution in [3.63, 3.8) is 0 Å². The molecule has 1 aliphatic rings. The van der Waals surface area contributed by atoms with Gasteiger partial charge in [0.1, 0.15) is 11.3 Å². The summed E-state index contributed by atoms with van der Waals surface area (Å²) >= 11 is 0. The number of hydrogen-bond acceptors (Lipinski definition) is 7. The number of likely N-dealkylation sites (tertiary alicyclic amines) is 1. The number of aliphatic hydroxyl groups excluding tert-OH is 1. The summed E-state index contributed by atoms with van der Waals surface area (Å²) in [5.74, 6) is -0.690. The van der Waals surface area contributed by atoms with Crippen LogP contribution < -0.4 is 9.47 Å². The van der Waals surface area contributed by atoms with E-state index in [0.29, 0.717) is 41.6 Å². The molecule has 5 rings (SSSR count). The first kappa shape index (κ1) is 28.9. The van der Waals surface area contributed by atoms with E-state index in [4.69, 9.17) is 9.47 Å². The summed E-state index contributed by atoms with van der Waals surface area (Å²) in [6.45, 7) is 8.87. The van der Waals surface area contributed by atoms with Crippen LogP contribution in [0.25, 0.3) is 11.4 Å². The Kier molecular flexibility index (Phi) is 8.56. The lowest BCUT2D eigenvalue weighted by molar-refractivity contribution is -0.140. The fraction of sp³-hybridized carbons (Fsp3) is 0.333. The molecule has 0 saturated carbocycles. The molecule has 1 saturated heterocycles. The number of pyridine rings is 2. The predicted octanol–water partition coefficient (Wildman–Crippen LogP) is 5.94. The van der Waals surface area contributed by atoms with Gasteiger partial charge in [-0.3, -0.25) is 14.6 Å². The van der Waals surface area contributed by atoms with Crippen LogP contribution in [-0.4, -0.2) is 49.3 Å². The zero-order valence-corrected chi connectivity index (χ0v) is 24.5. The van der Waals surface area contributed by atoms with E-state index in [2.05, 4.69) is 16.9 Å². The molecule has 218 valence electrons. The first-order valence-corrected chi connectivity index (χ1v) is 14.4. The molecule has 1 atom stereocenters. The number of aliphatic hydroxyl groups is 1. The van der Waals surface area contributed by atoms with Gasteiger partial charge in [0, 0.05) is 25.1 Å². The van der Waals surface area contributed by atoms with Gasteiger partial charge in [0.2, 0.25) is 0 Å². The van der Waals surface area contributed by atoms with Crippen molar-refractivity contribution >= 4 is 23.1 Å². The molecule has 3 aromatic heterocycles. The van der Waals surface area contributed by atoms with Crippen LogP contribution in [0.15, 0.2) is 66.6 Å². The second-order valence-corrected chi connectivity index (χ2v) is 10.4. The quantitative estimate of drug-likeness (QED) is 0.103. The highest BCUT2D eigenvalue weighted by Crippen LogP contribution is 2.43. The van der Waals surface area contributed by atoms with Crippen LogP contribution in [0.1, 0.15) is 67.2 Å². The summed E-state index contributed by atoms with van der Waals surface area (Å²) in [7, 11) is 0. The highest BCUT2D eigenvalue weighted by atomic mass is 16.5. The van der Waals surface area contributed by atoms with Crippen LogP contribution in [0.3, 0.4) is 0 Å². The number of benzene rings is 1. The Balaban J connectivity index is 1.65. The molecule has 4 aromatic rings. The van der Waals surface area contributed by atoms with E-state index in [1.54, 1.807) is 30.6 Å². The van der Waals surface area contributed by atoms with Crippen LogP contribution in [-0.2, 0) is 16.1 Å². The number of fused-ring (bicyclic) bond motifs is 1. The normalized spacial score (nSPS) is 16.4. The van der Waals surface area contributed by atoms with Crippen LogP contribution in [0, 0.1) is 13.8 Å². The molecular formula is C33H36N4O5. The van der Waals surface area contributed by atoms with E-state index in [9.17, 15) is 14.7 Å². The summed E-state index contributed by atoms with van der Waals surface area (Å²) in [5, 5.41) is 11.7. The molecule has 1 aliphatic heterocycles. The molecular weight excluding hydrogens is 532 g/mol. The van der Waals surface area contributed by atoms with Gasteiger partial charge in [-0.2, -0.15) is 0 Å².